The molecular formula is C10H21NS. The smallest absolute Gasteiger partial charge is 0.0102 e. The largest absolute Gasteiger partial charge is 0.327 e. The molecule has 1 nitrogen and oxygen atoms in total. The van der Waals surface area contributed by atoms with E-state index in [1.807, 2.05) is 0 Å². The maximum atomic E-state index is 5.72. The summed E-state index contributed by atoms with van der Waals surface area (Å²) < 4.78 is 0. The van der Waals surface area contributed by atoms with Gasteiger partial charge in [-0.3, -0.25) is 0 Å². The Morgan fingerprint density at radius 1 is 1.50 bits per heavy atom. The van der Waals surface area contributed by atoms with Gasteiger partial charge in [0.2, 0.25) is 0 Å². The molecule has 1 fully saturated rings. The minimum absolute atomic E-state index is 0.368. The average Bonchev–Trinajstić information content (AvgIpc) is 2.01. The first kappa shape index (κ1) is 10.4. The molecule has 1 aliphatic carbocycles. The van der Waals surface area contributed by atoms with Gasteiger partial charge in [0.15, 0.2) is 0 Å². The summed E-state index contributed by atoms with van der Waals surface area (Å²) in [6, 6.07) is 0.368. The Labute approximate surface area is 80.5 Å². The lowest BCUT2D eigenvalue weighted by atomic mass is 9.91. The van der Waals surface area contributed by atoms with Crippen molar-refractivity contribution in [1.29, 1.82) is 0 Å². The first-order valence-electron chi connectivity index (χ1n) is 5.05. The SMILES string of the molecule is CC1CCCC(SC[C@H](C)N)C1. The second-order valence-corrected chi connectivity index (χ2v) is 5.54. The molecule has 12 heavy (non-hydrogen) atoms. The van der Waals surface area contributed by atoms with Gasteiger partial charge in [0.25, 0.3) is 0 Å². The van der Waals surface area contributed by atoms with Crippen LogP contribution in [0, 0.1) is 5.92 Å². The zero-order valence-corrected chi connectivity index (χ0v) is 9.07. The molecule has 0 aliphatic heterocycles. The Balaban J connectivity index is 2.14. The first-order valence-corrected chi connectivity index (χ1v) is 6.10. The van der Waals surface area contributed by atoms with Crippen LogP contribution in [0.15, 0.2) is 0 Å². The molecule has 0 spiro atoms. The normalized spacial score (nSPS) is 33.2. The van der Waals surface area contributed by atoms with Crippen molar-refractivity contribution in [3.63, 3.8) is 0 Å². The van der Waals surface area contributed by atoms with Crippen LogP contribution in [0.1, 0.15) is 39.5 Å². The van der Waals surface area contributed by atoms with E-state index in [1.54, 1.807) is 0 Å². The Kier molecular flexibility index (Phi) is 4.44. The average molecular weight is 187 g/mol. The minimum Gasteiger partial charge on any atom is -0.327 e. The van der Waals surface area contributed by atoms with Gasteiger partial charge in [0.1, 0.15) is 0 Å². The molecule has 0 aromatic carbocycles. The monoisotopic (exact) mass is 187 g/mol. The number of nitrogens with two attached hydrogens (primary N) is 1. The van der Waals surface area contributed by atoms with Gasteiger partial charge in [0.05, 0.1) is 0 Å². The van der Waals surface area contributed by atoms with Gasteiger partial charge in [0, 0.05) is 17.0 Å². The molecule has 0 aromatic heterocycles. The van der Waals surface area contributed by atoms with Crippen molar-refractivity contribution in [2.24, 2.45) is 11.7 Å². The van der Waals surface area contributed by atoms with E-state index in [2.05, 4.69) is 25.6 Å². The zero-order valence-electron chi connectivity index (χ0n) is 8.25. The highest BCUT2D eigenvalue weighted by molar-refractivity contribution is 7.99. The third-order valence-electron chi connectivity index (χ3n) is 2.48. The molecule has 72 valence electrons. The third kappa shape index (κ3) is 3.81. The number of rotatable bonds is 3. The fourth-order valence-electron chi connectivity index (χ4n) is 1.82. The van der Waals surface area contributed by atoms with Crippen molar-refractivity contribution >= 4 is 11.8 Å². The lowest BCUT2D eigenvalue weighted by Gasteiger charge is -2.26. The maximum Gasteiger partial charge on any atom is 0.0102 e. The lowest BCUT2D eigenvalue weighted by Crippen LogP contribution is -2.22. The predicted molar refractivity (Wildman–Crippen MR) is 57.5 cm³/mol. The van der Waals surface area contributed by atoms with Crippen LogP contribution in [0.25, 0.3) is 0 Å². The minimum atomic E-state index is 0.368. The Morgan fingerprint density at radius 2 is 2.25 bits per heavy atom. The summed E-state index contributed by atoms with van der Waals surface area (Å²) in [5.74, 6) is 2.08. The van der Waals surface area contributed by atoms with Crippen molar-refractivity contribution in [3.05, 3.63) is 0 Å². The van der Waals surface area contributed by atoms with Crippen molar-refractivity contribution in [1.82, 2.24) is 0 Å². The highest BCUT2D eigenvalue weighted by Crippen LogP contribution is 2.31. The van der Waals surface area contributed by atoms with E-state index >= 15 is 0 Å². The van der Waals surface area contributed by atoms with E-state index in [0.717, 1.165) is 16.9 Å². The van der Waals surface area contributed by atoms with Crippen molar-refractivity contribution < 1.29 is 0 Å². The van der Waals surface area contributed by atoms with Gasteiger partial charge in [-0.15, -0.1) is 0 Å². The van der Waals surface area contributed by atoms with Gasteiger partial charge in [-0.25, -0.2) is 0 Å². The van der Waals surface area contributed by atoms with Crippen LogP contribution in [-0.2, 0) is 0 Å². The molecular weight excluding hydrogens is 166 g/mol. The van der Waals surface area contributed by atoms with Crippen LogP contribution in [0.2, 0.25) is 0 Å². The highest BCUT2D eigenvalue weighted by atomic mass is 32.2. The van der Waals surface area contributed by atoms with Gasteiger partial charge < -0.3 is 5.73 Å². The summed E-state index contributed by atoms with van der Waals surface area (Å²) in [5, 5.41) is 0.903. The topological polar surface area (TPSA) is 26.0 Å². The molecule has 1 saturated carbocycles. The van der Waals surface area contributed by atoms with Crippen LogP contribution in [0.5, 0.6) is 0 Å². The molecule has 3 atom stereocenters. The summed E-state index contributed by atoms with van der Waals surface area (Å²) in [4.78, 5) is 0. The predicted octanol–water partition coefficient (Wildman–Crippen LogP) is 2.65. The molecule has 1 rings (SSSR count). The fraction of sp³-hybridized carbons (Fsp3) is 1.00. The van der Waals surface area contributed by atoms with Gasteiger partial charge in [-0.05, 0) is 25.7 Å². The Morgan fingerprint density at radius 3 is 2.83 bits per heavy atom. The number of hydrogen-bond acceptors (Lipinski definition) is 2. The first-order chi connectivity index (χ1) is 5.68. The summed E-state index contributed by atoms with van der Waals surface area (Å²) in [7, 11) is 0. The second kappa shape index (κ2) is 5.13. The molecule has 0 saturated heterocycles. The molecule has 2 heteroatoms. The lowest BCUT2D eigenvalue weighted by molar-refractivity contribution is 0.394. The summed E-state index contributed by atoms with van der Waals surface area (Å²) >= 11 is 2.08. The highest BCUT2D eigenvalue weighted by Gasteiger charge is 2.18. The molecule has 0 bridgehead atoms. The van der Waals surface area contributed by atoms with Gasteiger partial charge in [-0.2, -0.15) is 11.8 Å². The zero-order chi connectivity index (χ0) is 8.97. The molecule has 0 amide bonds. The fourth-order valence-corrected chi connectivity index (χ4v) is 3.19. The van der Waals surface area contributed by atoms with Crippen LogP contribution in [0.3, 0.4) is 0 Å². The second-order valence-electron chi connectivity index (χ2n) is 4.20. The quantitative estimate of drug-likeness (QED) is 0.735. The summed E-state index contributed by atoms with van der Waals surface area (Å²) in [5.41, 5.74) is 5.72. The van der Waals surface area contributed by atoms with Gasteiger partial charge in [-0.1, -0.05) is 19.8 Å². The van der Waals surface area contributed by atoms with Crippen molar-refractivity contribution in [2.45, 2.75) is 50.8 Å². The molecule has 2 unspecified atom stereocenters. The molecule has 1 aliphatic rings. The van der Waals surface area contributed by atoms with Crippen LogP contribution < -0.4 is 5.73 Å². The number of hydrogen-bond donors (Lipinski definition) is 1. The molecule has 2 N–H and O–H groups in total. The molecule has 0 radical (unpaired) electrons. The van der Waals surface area contributed by atoms with Crippen molar-refractivity contribution in [2.75, 3.05) is 5.75 Å². The van der Waals surface area contributed by atoms with Crippen LogP contribution in [-0.4, -0.2) is 17.0 Å². The third-order valence-corrected chi connectivity index (χ3v) is 4.10. The van der Waals surface area contributed by atoms with E-state index in [9.17, 15) is 0 Å². The van der Waals surface area contributed by atoms with E-state index in [-0.39, 0.29) is 0 Å². The summed E-state index contributed by atoms with van der Waals surface area (Å²) in [6.07, 6.45) is 5.70. The van der Waals surface area contributed by atoms with Crippen LogP contribution >= 0.6 is 11.8 Å². The molecule has 0 aromatic rings. The van der Waals surface area contributed by atoms with Gasteiger partial charge >= 0.3 is 0 Å². The van der Waals surface area contributed by atoms with E-state index in [0.29, 0.717) is 6.04 Å². The summed E-state index contributed by atoms with van der Waals surface area (Å²) in [6.45, 7) is 4.47. The van der Waals surface area contributed by atoms with E-state index in [4.69, 9.17) is 5.73 Å². The Bertz CT molecular complexity index is 125. The van der Waals surface area contributed by atoms with E-state index in [1.165, 1.54) is 25.7 Å². The van der Waals surface area contributed by atoms with Crippen LogP contribution in [0.4, 0.5) is 0 Å². The maximum absolute atomic E-state index is 5.72. The molecule has 0 heterocycles. The van der Waals surface area contributed by atoms with Crippen molar-refractivity contribution in [3.8, 4) is 0 Å². The van der Waals surface area contributed by atoms with E-state index < -0.39 is 0 Å². The number of thioether (sulfide) groups is 1. The Hall–Kier alpha value is 0.310. The standard InChI is InChI=1S/C10H21NS/c1-8-4-3-5-10(6-8)12-7-9(2)11/h8-10H,3-7,11H2,1-2H3/t8?,9-,10?/m0/s1.